The lowest BCUT2D eigenvalue weighted by molar-refractivity contribution is -0.131. The first kappa shape index (κ1) is 14.8. The van der Waals surface area contributed by atoms with Gasteiger partial charge in [-0.15, -0.1) is 0 Å². The van der Waals surface area contributed by atoms with E-state index in [4.69, 9.17) is 17.3 Å². The fraction of sp³-hybridized carbons (Fsp3) is 0.429. The number of aryl methyl sites for hydroxylation is 1. The number of nitrogens with two attached hydrogens (primary N) is 1. The predicted octanol–water partition coefficient (Wildman–Crippen LogP) is 1.76. The Morgan fingerprint density at radius 2 is 2.10 bits per heavy atom. The molecule has 0 aliphatic carbocycles. The Morgan fingerprint density at radius 3 is 2.65 bits per heavy atom. The van der Waals surface area contributed by atoms with Crippen LogP contribution in [0.5, 0.6) is 0 Å². The third-order valence-corrected chi connectivity index (χ3v) is 4.13. The maximum absolute atomic E-state index is 12.6. The number of urea groups is 1. The lowest BCUT2D eigenvalue weighted by Gasteiger charge is -2.26. The van der Waals surface area contributed by atoms with Gasteiger partial charge < -0.3 is 11.1 Å². The molecule has 3 N–H and O–H groups in total. The Bertz CT molecular complexity index is 561. The van der Waals surface area contributed by atoms with Gasteiger partial charge >= 0.3 is 6.03 Å². The Balaban J connectivity index is 2.47. The van der Waals surface area contributed by atoms with Gasteiger partial charge in [-0.05, 0) is 30.5 Å². The number of carbonyl (C=O) groups is 2. The molecule has 1 heterocycles. The van der Waals surface area contributed by atoms with E-state index in [0.717, 1.165) is 11.1 Å². The summed E-state index contributed by atoms with van der Waals surface area (Å²) in [5.74, 6) is -0.253. The van der Waals surface area contributed by atoms with E-state index in [2.05, 4.69) is 5.32 Å². The second-order valence-electron chi connectivity index (χ2n) is 4.90. The van der Waals surface area contributed by atoms with Gasteiger partial charge in [0.15, 0.2) is 0 Å². The molecule has 1 aliphatic heterocycles. The molecule has 5 nitrogen and oxygen atoms in total. The Labute approximate surface area is 123 Å². The molecule has 20 heavy (non-hydrogen) atoms. The number of imide groups is 1. The van der Waals surface area contributed by atoms with Gasteiger partial charge in [0.1, 0.15) is 5.54 Å². The number of hydrogen-bond donors (Lipinski definition) is 2. The van der Waals surface area contributed by atoms with Gasteiger partial charge in [-0.3, -0.25) is 9.69 Å². The number of amides is 3. The first-order valence-corrected chi connectivity index (χ1v) is 6.95. The highest BCUT2D eigenvalue weighted by atomic mass is 35.5. The molecule has 0 radical (unpaired) electrons. The molecule has 1 saturated heterocycles. The van der Waals surface area contributed by atoms with Crippen LogP contribution < -0.4 is 11.1 Å². The largest absolute Gasteiger partial charge is 0.329 e. The van der Waals surface area contributed by atoms with Crippen LogP contribution >= 0.6 is 11.6 Å². The monoisotopic (exact) mass is 295 g/mol. The summed E-state index contributed by atoms with van der Waals surface area (Å²) in [6, 6.07) is 4.98. The SMILES string of the molecule is CCC1(c2ccc(Cl)c(C)c2)NC(=O)N(CCN)C1=O. The van der Waals surface area contributed by atoms with Crippen molar-refractivity contribution in [2.24, 2.45) is 5.73 Å². The van der Waals surface area contributed by atoms with Crippen molar-refractivity contribution in [1.29, 1.82) is 0 Å². The van der Waals surface area contributed by atoms with Crippen LogP contribution in [0.3, 0.4) is 0 Å². The molecule has 1 aromatic rings. The molecule has 1 aliphatic rings. The smallest absolute Gasteiger partial charge is 0.325 e. The summed E-state index contributed by atoms with van der Waals surface area (Å²) < 4.78 is 0. The fourth-order valence-corrected chi connectivity index (χ4v) is 2.63. The van der Waals surface area contributed by atoms with Gasteiger partial charge in [0, 0.05) is 18.1 Å². The molecule has 1 aromatic carbocycles. The van der Waals surface area contributed by atoms with Crippen molar-refractivity contribution in [1.82, 2.24) is 10.2 Å². The number of rotatable bonds is 4. The van der Waals surface area contributed by atoms with Crippen LogP contribution in [0.25, 0.3) is 0 Å². The Hall–Kier alpha value is -1.59. The number of carbonyl (C=O) groups excluding carboxylic acids is 2. The van der Waals surface area contributed by atoms with Crippen molar-refractivity contribution in [3.8, 4) is 0 Å². The quantitative estimate of drug-likeness (QED) is 0.831. The van der Waals surface area contributed by atoms with E-state index in [1.54, 1.807) is 12.1 Å². The zero-order valence-electron chi connectivity index (χ0n) is 11.6. The van der Waals surface area contributed by atoms with Crippen molar-refractivity contribution in [2.75, 3.05) is 13.1 Å². The van der Waals surface area contributed by atoms with Crippen LogP contribution in [0.15, 0.2) is 18.2 Å². The minimum Gasteiger partial charge on any atom is -0.329 e. The van der Waals surface area contributed by atoms with Gasteiger partial charge in [0.25, 0.3) is 5.91 Å². The van der Waals surface area contributed by atoms with Gasteiger partial charge in [0.05, 0.1) is 0 Å². The first-order chi connectivity index (χ1) is 9.46. The zero-order valence-corrected chi connectivity index (χ0v) is 12.3. The van der Waals surface area contributed by atoms with E-state index >= 15 is 0 Å². The highest BCUT2D eigenvalue weighted by molar-refractivity contribution is 6.31. The summed E-state index contributed by atoms with van der Waals surface area (Å²) in [4.78, 5) is 25.8. The van der Waals surface area contributed by atoms with Crippen LogP contribution in [0.2, 0.25) is 5.02 Å². The Morgan fingerprint density at radius 1 is 1.40 bits per heavy atom. The molecule has 0 aromatic heterocycles. The minimum absolute atomic E-state index is 0.221. The molecular weight excluding hydrogens is 278 g/mol. The van der Waals surface area contributed by atoms with Crippen LogP contribution in [-0.2, 0) is 10.3 Å². The molecule has 6 heteroatoms. The molecule has 1 atom stereocenters. The zero-order chi connectivity index (χ0) is 14.9. The van der Waals surface area contributed by atoms with Crippen LogP contribution in [-0.4, -0.2) is 29.9 Å². The second kappa shape index (κ2) is 5.42. The number of hydrogen-bond acceptors (Lipinski definition) is 3. The topological polar surface area (TPSA) is 75.4 Å². The van der Waals surface area contributed by atoms with Crippen LogP contribution in [0.1, 0.15) is 24.5 Å². The van der Waals surface area contributed by atoms with Gasteiger partial charge in [-0.2, -0.15) is 0 Å². The van der Waals surface area contributed by atoms with Gasteiger partial charge in [-0.25, -0.2) is 4.79 Å². The Kier molecular flexibility index (Phi) is 4.01. The number of halogens is 1. The average Bonchev–Trinajstić information content (AvgIpc) is 2.67. The van der Waals surface area contributed by atoms with Crippen LogP contribution in [0, 0.1) is 6.92 Å². The van der Waals surface area contributed by atoms with Crippen LogP contribution in [0.4, 0.5) is 4.79 Å². The summed E-state index contributed by atoms with van der Waals surface area (Å²) in [5.41, 5.74) is 6.06. The normalized spacial score (nSPS) is 22.3. The highest BCUT2D eigenvalue weighted by Gasteiger charge is 2.50. The first-order valence-electron chi connectivity index (χ1n) is 6.57. The molecular formula is C14H18ClN3O2. The standard InChI is InChI=1S/C14H18ClN3O2/c1-3-14(10-4-5-11(15)9(2)8-10)12(19)18(7-6-16)13(20)17-14/h4-5,8H,3,6-7,16H2,1-2H3,(H,17,20). The molecule has 0 spiro atoms. The van der Waals surface area contributed by atoms with Gasteiger partial charge in [0.2, 0.25) is 0 Å². The van der Waals surface area contributed by atoms with Crippen molar-refractivity contribution < 1.29 is 9.59 Å². The number of nitrogens with zero attached hydrogens (tertiary/aromatic N) is 1. The number of benzene rings is 1. The summed E-state index contributed by atoms with van der Waals surface area (Å²) in [7, 11) is 0. The van der Waals surface area contributed by atoms with E-state index in [1.165, 1.54) is 4.90 Å². The van der Waals surface area contributed by atoms with E-state index in [-0.39, 0.29) is 19.0 Å². The summed E-state index contributed by atoms with van der Waals surface area (Å²) in [6.07, 6.45) is 0.472. The average molecular weight is 296 g/mol. The highest BCUT2D eigenvalue weighted by Crippen LogP contribution is 2.33. The molecule has 0 bridgehead atoms. The van der Waals surface area contributed by atoms with Gasteiger partial charge in [-0.1, -0.05) is 30.7 Å². The summed E-state index contributed by atoms with van der Waals surface area (Å²) in [6.45, 7) is 4.21. The molecule has 1 fully saturated rings. The third-order valence-electron chi connectivity index (χ3n) is 3.71. The lowest BCUT2D eigenvalue weighted by atomic mass is 9.86. The van der Waals surface area contributed by atoms with E-state index in [1.807, 2.05) is 19.9 Å². The fourth-order valence-electron chi connectivity index (χ4n) is 2.51. The third kappa shape index (κ3) is 2.17. The molecule has 3 amide bonds. The molecule has 108 valence electrons. The van der Waals surface area contributed by atoms with Crippen molar-refractivity contribution in [3.05, 3.63) is 34.3 Å². The molecule has 2 rings (SSSR count). The van der Waals surface area contributed by atoms with Crippen molar-refractivity contribution in [3.63, 3.8) is 0 Å². The number of nitrogens with one attached hydrogen (secondary N) is 1. The lowest BCUT2D eigenvalue weighted by Crippen LogP contribution is -2.43. The summed E-state index contributed by atoms with van der Waals surface area (Å²) in [5, 5.41) is 3.44. The maximum atomic E-state index is 12.6. The second-order valence-corrected chi connectivity index (χ2v) is 5.31. The van der Waals surface area contributed by atoms with E-state index in [9.17, 15) is 9.59 Å². The molecule has 1 unspecified atom stereocenters. The predicted molar refractivity (Wildman–Crippen MR) is 77.5 cm³/mol. The van der Waals surface area contributed by atoms with E-state index in [0.29, 0.717) is 11.4 Å². The maximum Gasteiger partial charge on any atom is 0.325 e. The van der Waals surface area contributed by atoms with Crippen molar-refractivity contribution >= 4 is 23.5 Å². The van der Waals surface area contributed by atoms with E-state index < -0.39 is 11.6 Å². The van der Waals surface area contributed by atoms with Crippen molar-refractivity contribution in [2.45, 2.75) is 25.8 Å². The molecule has 0 saturated carbocycles. The minimum atomic E-state index is -1.01. The summed E-state index contributed by atoms with van der Waals surface area (Å²) >= 11 is 6.02.